The van der Waals surface area contributed by atoms with Crippen molar-refractivity contribution >= 4 is 40.4 Å². The standard InChI is InChI=1S/C24H32N6O5/c1-12(2)20(22(34)28-18(21(26)33)10-19(25)32)29-23(35)24(30-13(3)31)9-8-17-15(11-24)14-6-4-5-7-16(14)27-17/h4-7,12,18,20,27H,8-11H2,1-3H3,(H2,25,32)(H2,26,33)(H,28,34)(H,29,35)(H,30,31)/t18-,20+,24-/m0/s1. The van der Waals surface area contributed by atoms with Crippen LogP contribution in [0.1, 0.15) is 44.9 Å². The van der Waals surface area contributed by atoms with Crippen LogP contribution in [0.25, 0.3) is 10.9 Å². The summed E-state index contributed by atoms with van der Waals surface area (Å²) in [5.41, 5.74) is 12.1. The van der Waals surface area contributed by atoms with Gasteiger partial charge in [-0.2, -0.15) is 0 Å². The molecule has 11 nitrogen and oxygen atoms in total. The van der Waals surface area contributed by atoms with Gasteiger partial charge in [-0.3, -0.25) is 24.0 Å². The highest BCUT2D eigenvalue weighted by molar-refractivity contribution is 5.98. The summed E-state index contributed by atoms with van der Waals surface area (Å²) in [5, 5.41) is 8.96. The number of nitrogens with one attached hydrogen (secondary N) is 4. The number of hydrogen-bond acceptors (Lipinski definition) is 5. The zero-order valence-electron chi connectivity index (χ0n) is 20.1. The van der Waals surface area contributed by atoms with Crippen molar-refractivity contribution in [3.05, 3.63) is 35.5 Å². The maximum absolute atomic E-state index is 13.7. The summed E-state index contributed by atoms with van der Waals surface area (Å²) in [7, 11) is 0. The Kier molecular flexibility index (Phi) is 7.47. The molecule has 11 heteroatoms. The highest BCUT2D eigenvalue weighted by atomic mass is 16.2. The predicted octanol–water partition coefficient (Wildman–Crippen LogP) is -0.482. The van der Waals surface area contributed by atoms with Gasteiger partial charge < -0.3 is 32.4 Å². The van der Waals surface area contributed by atoms with Gasteiger partial charge >= 0.3 is 0 Å². The van der Waals surface area contributed by atoms with Crippen molar-refractivity contribution in [1.82, 2.24) is 20.9 Å². The van der Waals surface area contributed by atoms with Gasteiger partial charge in [0.15, 0.2) is 0 Å². The van der Waals surface area contributed by atoms with Crippen molar-refractivity contribution < 1.29 is 24.0 Å². The number of benzene rings is 1. The van der Waals surface area contributed by atoms with Gasteiger partial charge in [-0.25, -0.2) is 0 Å². The molecule has 0 saturated carbocycles. The zero-order chi connectivity index (χ0) is 25.9. The van der Waals surface area contributed by atoms with Crippen molar-refractivity contribution in [1.29, 1.82) is 0 Å². The van der Waals surface area contributed by atoms with Gasteiger partial charge in [0.25, 0.3) is 0 Å². The molecule has 0 spiro atoms. The largest absolute Gasteiger partial charge is 0.370 e. The second kappa shape index (κ2) is 10.2. The van der Waals surface area contributed by atoms with Crippen molar-refractivity contribution in [2.24, 2.45) is 17.4 Å². The Bertz CT molecular complexity index is 1170. The first-order valence-electron chi connectivity index (χ1n) is 11.5. The minimum absolute atomic E-state index is 0.246. The Balaban J connectivity index is 1.87. The molecule has 5 amide bonds. The molecule has 188 valence electrons. The monoisotopic (exact) mass is 484 g/mol. The second-order valence-electron chi connectivity index (χ2n) is 9.40. The summed E-state index contributed by atoms with van der Waals surface area (Å²) < 4.78 is 0. The van der Waals surface area contributed by atoms with Gasteiger partial charge in [0, 0.05) is 29.9 Å². The Morgan fingerprint density at radius 2 is 1.77 bits per heavy atom. The first kappa shape index (κ1) is 25.7. The number of aryl methyl sites for hydroxylation is 1. The van der Waals surface area contributed by atoms with E-state index in [9.17, 15) is 24.0 Å². The SMILES string of the molecule is CC(=O)N[C@@]1(C(=O)N[C@@H](C(=O)N[C@@H](CC(N)=O)C(N)=O)C(C)C)CCc2[nH]c3ccccc3c2C1. The Labute approximate surface area is 202 Å². The fourth-order valence-electron chi connectivity index (χ4n) is 4.59. The van der Waals surface area contributed by atoms with Crippen LogP contribution in [0.4, 0.5) is 0 Å². The van der Waals surface area contributed by atoms with Gasteiger partial charge in [-0.1, -0.05) is 32.0 Å². The molecule has 3 atom stereocenters. The summed E-state index contributed by atoms with van der Waals surface area (Å²) >= 11 is 0. The lowest BCUT2D eigenvalue weighted by atomic mass is 9.78. The van der Waals surface area contributed by atoms with Crippen molar-refractivity contribution in [3.8, 4) is 0 Å². The van der Waals surface area contributed by atoms with E-state index in [0.29, 0.717) is 12.8 Å². The first-order valence-corrected chi connectivity index (χ1v) is 11.5. The van der Waals surface area contributed by atoms with Crippen LogP contribution >= 0.6 is 0 Å². The number of nitrogens with two attached hydrogens (primary N) is 2. The fourth-order valence-corrected chi connectivity index (χ4v) is 4.59. The lowest BCUT2D eigenvalue weighted by Crippen LogP contribution is -2.65. The number of carbonyl (C=O) groups excluding carboxylic acids is 5. The van der Waals surface area contributed by atoms with E-state index in [1.165, 1.54) is 6.92 Å². The number of fused-ring (bicyclic) bond motifs is 3. The summed E-state index contributed by atoms with van der Waals surface area (Å²) in [4.78, 5) is 65.1. The number of aromatic amines is 1. The molecule has 1 aliphatic carbocycles. The highest BCUT2D eigenvalue weighted by Crippen LogP contribution is 2.34. The maximum Gasteiger partial charge on any atom is 0.246 e. The number of aromatic nitrogens is 1. The predicted molar refractivity (Wildman–Crippen MR) is 129 cm³/mol. The van der Waals surface area contributed by atoms with Crippen molar-refractivity contribution in [2.45, 2.75) is 64.1 Å². The minimum atomic E-state index is -1.30. The van der Waals surface area contributed by atoms with Gasteiger partial charge in [0.1, 0.15) is 17.6 Å². The molecule has 8 N–H and O–H groups in total. The molecule has 1 heterocycles. The smallest absolute Gasteiger partial charge is 0.246 e. The third kappa shape index (κ3) is 5.61. The quantitative estimate of drug-likeness (QED) is 0.280. The van der Waals surface area contributed by atoms with Gasteiger partial charge in [-0.05, 0) is 30.4 Å². The molecule has 1 aromatic heterocycles. The van der Waals surface area contributed by atoms with Crippen LogP contribution < -0.4 is 27.4 Å². The molecule has 2 aromatic rings. The Hall–Kier alpha value is -3.89. The first-order chi connectivity index (χ1) is 16.4. The van der Waals surface area contributed by atoms with Crippen LogP contribution in [-0.4, -0.2) is 52.1 Å². The average molecular weight is 485 g/mol. The third-order valence-electron chi connectivity index (χ3n) is 6.33. The molecule has 0 fully saturated rings. The molecule has 0 unspecified atom stereocenters. The van der Waals surface area contributed by atoms with Gasteiger partial charge in [0.2, 0.25) is 29.5 Å². The second-order valence-corrected chi connectivity index (χ2v) is 9.40. The lowest BCUT2D eigenvalue weighted by Gasteiger charge is -2.38. The van der Waals surface area contributed by atoms with E-state index < -0.39 is 47.7 Å². The van der Waals surface area contributed by atoms with Crippen LogP contribution in [0.15, 0.2) is 24.3 Å². The van der Waals surface area contributed by atoms with E-state index in [-0.39, 0.29) is 18.2 Å². The summed E-state index contributed by atoms with van der Waals surface area (Å²) in [6, 6.07) is 5.39. The van der Waals surface area contributed by atoms with Crippen LogP contribution in [0.3, 0.4) is 0 Å². The highest BCUT2D eigenvalue weighted by Gasteiger charge is 2.45. The summed E-state index contributed by atoms with van der Waals surface area (Å²) in [5.74, 6) is -3.66. The molecule has 1 aromatic carbocycles. The molecule has 0 bridgehead atoms. The van der Waals surface area contributed by atoms with E-state index in [4.69, 9.17) is 11.5 Å². The van der Waals surface area contributed by atoms with E-state index >= 15 is 0 Å². The summed E-state index contributed by atoms with van der Waals surface area (Å²) in [6.07, 6.45) is 0.643. The maximum atomic E-state index is 13.7. The number of para-hydroxylation sites is 1. The van der Waals surface area contributed by atoms with Crippen LogP contribution in [0.5, 0.6) is 0 Å². The molecule has 1 aliphatic rings. The van der Waals surface area contributed by atoms with Gasteiger partial charge in [-0.15, -0.1) is 0 Å². The average Bonchev–Trinajstić information content (AvgIpc) is 3.13. The van der Waals surface area contributed by atoms with Crippen LogP contribution in [-0.2, 0) is 36.8 Å². The molecule has 35 heavy (non-hydrogen) atoms. The lowest BCUT2D eigenvalue weighted by molar-refractivity contribution is -0.137. The minimum Gasteiger partial charge on any atom is -0.370 e. The van der Waals surface area contributed by atoms with E-state index in [0.717, 1.165) is 22.2 Å². The Morgan fingerprint density at radius 3 is 2.37 bits per heavy atom. The normalized spacial score (nSPS) is 18.9. The van der Waals surface area contributed by atoms with E-state index in [2.05, 4.69) is 20.9 Å². The third-order valence-corrected chi connectivity index (χ3v) is 6.33. The molecular formula is C24H32N6O5. The number of amides is 5. The van der Waals surface area contributed by atoms with Crippen molar-refractivity contribution in [2.75, 3.05) is 0 Å². The number of H-pyrrole nitrogens is 1. The zero-order valence-corrected chi connectivity index (χ0v) is 20.1. The molecule has 0 saturated heterocycles. The Morgan fingerprint density at radius 1 is 1.09 bits per heavy atom. The van der Waals surface area contributed by atoms with Crippen LogP contribution in [0.2, 0.25) is 0 Å². The van der Waals surface area contributed by atoms with Crippen LogP contribution in [0, 0.1) is 5.92 Å². The molecule has 3 rings (SSSR count). The topological polar surface area (TPSA) is 189 Å². The summed E-state index contributed by atoms with van der Waals surface area (Å²) in [6.45, 7) is 4.79. The van der Waals surface area contributed by atoms with E-state index in [1.54, 1.807) is 13.8 Å². The number of carbonyl (C=O) groups is 5. The number of primary amides is 2. The molecule has 0 aliphatic heterocycles. The van der Waals surface area contributed by atoms with E-state index in [1.807, 2.05) is 24.3 Å². The fraction of sp³-hybridized carbons (Fsp3) is 0.458. The molecule has 0 radical (unpaired) electrons. The van der Waals surface area contributed by atoms with Crippen molar-refractivity contribution in [3.63, 3.8) is 0 Å². The number of rotatable bonds is 9. The molecular weight excluding hydrogens is 452 g/mol. The number of hydrogen-bond donors (Lipinski definition) is 6. The van der Waals surface area contributed by atoms with Gasteiger partial charge in [0.05, 0.1) is 6.42 Å².